The van der Waals surface area contributed by atoms with Gasteiger partial charge in [-0.1, -0.05) is 4.98 Å². The van der Waals surface area contributed by atoms with Crippen molar-refractivity contribution in [3.05, 3.63) is 22.5 Å². The Bertz CT molecular complexity index is 425. The minimum Gasteiger partial charge on any atom is -0.390 e. The molecule has 1 aliphatic heterocycles. The summed E-state index contributed by atoms with van der Waals surface area (Å²) in [6, 6.07) is 0. The van der Waals surface area contributed by atoms with Gasteiger partial charge in [-0.15, -0.1) is 0 Å². The van der Waals surface area contributed by atoms with Gasteiger partial charge in [0.2, 0.25) is 6.23 Å². The minimum atomic E-state index is -1.44. The van der Waals surface area contributed by atoms with Crippen LogP contribution >= 0.6 is 0 Å². The maximum Gasteiger partial charge on any atom is 0.436 e. The van der Waals surface area contributed by atoms with Crippen LogP contribution in [0.15, 0.2) is 12.4 Å². The van der Waals surface area contributed by atoms with E-state index in [9.17, 15) is 24.7 Å². The summed E-state index contributed by atoms with van der Waals surface area (Å²) in [5, 5.41) is 29.7. The lowest BCUT2D eigenvalue weighted by atomic mass is 10.1. The first-order chi connectivity index (χ1) is 8.06. The first kappa shape index (κ1) is 11.9. The molecule has 0 radical (unpaired) electrons. The molecule has 9 heteroatoms. The van der Waals surface area contributed by atoms with Gasteiger partial charge in [-0.3, -0.25) is 0 Å². The third-order valence-corrected chi connectivity index (χ3v) is 2.57. The highest BCUT2D eigenvalue weighted by Crippen LogP contribution is 2.31. The molecular formula is C8H10FN3O5. The molecule has 0 saturated carbocycles. The number of hydrogen-bond acceptors (Lipinski definition) is 6. The summed E-state index contributed by atoms with van der Waals surface area (Å²) in [6.07, 6.45) is -2.90. The van der Waals surface area contributed by atoms with Crippen LogP contribution in [0.3, 0.4) is 0 Å². The number of nitrogens with zero attached hydrogens (tertiary/aromatic N) is 3. The number of aromatic nitrogens is 2. The predicted octanol–water partition coefficient (Wildman–Crippen LogP) is -0.620. The van der Waals surface area contributed by atoms with E-state index in [0.29, 0.717) is 0 Å². The SMILES string of the molecule is O=[N+]([O-])c1nccn1[C@@H]1O[C@H](CF)[C@@H](O)[C@H]1O. The smallest absolute Gasteiger partial charge is 0.390 e. The molecule has 2 rings (SSSR count). The Labute approximate surface area is 94.4 Å². The third kappa shape index (κ3) is 1.88. The second kappa shape index (κ2) is 4.35. The molecule has 0 aliphatic carbocycles. The molecule has 1 saturated heterocycles. The molecule has 2 N–H and O–H groups in total. The summed E-state index contributed by atoms with van der Waals surface area (Å²) < 4.78 is 18.4. The van der Waals surface area contributed by atoms with Crippen LogP contribution in [0.2, 0.25) is 0 Å². The van der Waals surface area contributed by atoms with E-state index in [1.165, 1.54) is 6.20 Å². The zero-order valence-corrected chi connectivity index (χ0v) is 8.51. The molecular weight excluding hydrogens is 237 g/mol. The summed E-state index contributed by atoms with van der Waals surface area (Å²) in [5.41, 5.74) is 0. The number of rotatable bonds is 3. The number of ether oxygens (including phenoxy) is 1. The van der Waals surface area contributed by atoms with Crippen molar-refractivity contribution < 1.29 is 24.3 Å². The van der Waals surface area contributed by atoms with E-state index in [1.54, 1.807) is 0 Å². The molecule has 1 aliphatic rings. The quantitative estimate of drug-likeness (QED) is 0.544. The van der Waals surface area contributed by atoms with Gasteiger partial charge in [-0.05, 0) is 4.92 Å². The van der Waals surface area contributed by atoms with Gasteiger partial charge in [0.15, 0.2) is 0 Å². The number of hydrogen-bond donors (Lipinski definition) is 2. The van der Waals surface area contributed by atoms with Crippen molar-refractivity contribution in [2.45, 2.75) is 24.5 Å². The number of aliphatic hydroxyl groups excluding tert-OH is 2. The van der Waals surface area contributed by atoms with Crippen LogP contribution in [0.25, 0.3) is 0 Å². The largest absolute Gasteiger partial charge is 0.436 e. The molecule has 0 amide bonds. The average molecular weight is 247 g/mol. The van der Waals surface area contributed by atoms with Crippen LogP contribution in [0.4, 0.5) is 10.3 Å². The summed E-state index contributed by atoms with van der Waals surface area (Å²) in [6.45, 7) is -0.989. The van der Waals surface area contributed by atoms with E-state index in [-0.39, 0.29) is 0 Å². The monoisotopic (exact) mass is 247 g/mol. The Morgan fingerprint density at radius 3 is 2.82 bits per heavy atom. The van der Waals surface area contributed by atoms with Gasteiger partial charge in [0, 0.05) is 0 Å². The van der Waals surface area contributed by atoms with Crippen molar-refractivity contribution in [3.8, 4) is 0 Å². The van der Waals surface area contributed by atoms with Gasteiger partial charge < -0.3 is 25.1 Å². The van der Waals surface area contributed by atoms with Crippen molar-refractivity contribution >= 4 is 5.95 Å². The predicted molar refractivity (Wildman–Crippen MR) is 50.8 cm³/mol. The Morgan fingerprint density at radius 1 is 1.59 bits per heavy atom. The summed E-state index contributed by atoms with van der Waals surface area (Å²) in [4.78, 5) is 13.3. The van der Waals surface area contributed by atoms with Crippen LogP contribution < -0.4 is 0 Å². The van der Waals surface area contributed by atoms with Gasteiger partial charge in [0.1, 0.15) is 37.4 Å². The minimum absolute atomic E-state index is 0.541. The van der Waals surface area contributed by atoms with Crippen LogP contribution in [0.1, 0.15) is 6.23 Å². The number of halogens is 1. The fourth-order valence-corrected chi connectivity index (χ4v) is 1.73. The first-order valence-electron chi connectivity index (χ1n) is 4.81. The number of nitro groups is 1. The molecule has 0 unspecified atom stereocenters. The van der Waals surface area contributed by atoms with Crippen molar-refractivity contribution in [1.29, 1.82) is 0 Å². The molecule has 17 heavy (non-hydrogen) atoms. The highest BCUT2D eigenvalue weighted by Gasteiger charge is 2.46. The average Bonchev–Trinajstić information content (AvgIpc) is 2.86. The standard InChI is InChI=1S/C8H10FN3O5/c9-3-4-5(13)6(14)7(17-4)11-2-1-10-8(11)12(15)16/h1-2,4-7,13-14H,3H2/t4-,5-,6-,7-/m1/s1. The van der Waals surface area contributed by atoms with E-state index in [4.69, 9.17) is 4.74 Å². The lowest BCUT2D eigenvalue weighted by Crippen LogP contribution is -2.32. The van der Waals surface area contributed by atoms with E-state index < -0.39 is 42.1 Å². The fourth-order valence-electron chi connectivity index (χ4n) is 1.73. The molecule has 94 valence electrons. The van der Waals surface area contributed by atoms with E-state index in [2.05, 4.69) is 4.98 Å². The molecule has 2 heterocycles. The van der Waals surface area contributed by atoms with Crippen LogP contribution in [0, 0.1) is 10.1 Å². The van der Waals surface area contributed by atoms with Crippen LogP contribution in [-0.2, 0) is 4.74 Å². The van der Waals surface area contributed by atoms with Crippen LogP contribution in [0.5, 0.6) is 0 Å². The Morgan fingerprint density at radius 2 is 2.29 bits per heavy atom. The Hall–Kier alpha value is -1.58. The van der Waals surface area contributed by atoms with Gasteiger partial charge >= 0.3 is 5.95 Å². The zero-order chi connectivity index (χ0) is 12.6. The molecule has 8 nitrogen and oxygen atoms in total. The van der Waals surface area contributed by atoms with E-state index in [0.717, 1.165) is 10.8 Å². The van der Waals surface area contributed by atoms with Crippen molar-refractivity contribution in [3.63, 3.8) is 0 Å². The summed E-state index contributed by atoms with van der Waals surface area (Å²) >= 11 is 0. The van der Waals surface area contributed by atoms with Crippen molar-refractivity contribution in [1.82, 2.24) is 9.55 Å². The summed E-state index contributed by atoms with van der Waals surface area (Å²) in [5.74, 6) is -0.541. The zero-order valence-electron chi connectivity index (χ0n) is 8.51. The topological polar surface area (TPSA) is 111 Å². The maximum atomic E-state index is 12.4. The molecule has 0 aromatic carbocycles. The van der Waals surface area contributed by atoms with Crippen molar-refractivity contribution in [2.24, 2.45) is 0 Å². The van der Waals surface area contributed by atoms with Crippen molar-refractivity contribution in [2.75, 3.05) is 6.67 Å². The van der Waals surface area contributed by atoms with E-state index >= 15 is 0 Å². The molecule has 1 aromatic rings. The Kier molecular flexibility index (Phi) is 3.05. The van der Waals surface area contributed by atoms with Gasteiger partial charge in [0.05, 0.1) is 0 Å². The van der Waals surface area contributed by atoms with E-state index in [1.807, 2.05) is 0 Å². The highest BCUT2D eigenvalue weighted by molar-refractivity contribution is 5.09. The number of imidazole rings is 1. The van der Waals surface area contributed by atoms with Gasteiger partial charge in [-0.2, -0.15) is 4.57 Å². The van der Waals surface area contributed by atoms with Gasteiger partial charge in [-0.25, -0.2) is 4.39 Å². The highest BCUT2D eigenvalue weighted by atomic mass is 19.1. The molecule has 1 fully saturated rings. The third-order valence-electron chi connectivity index (χ3n) is 2.57. The summed E-state index contributed by atoms with van der Waals surface area (Å²) in [7, 11) is 0. The first-order valence-corrected chi connectivity index (χ1v) is 4.81. The maximum absolute atomic E-state index is 12.4. The second-order valence-corrected chi connectivity index (χ2v) is 3.59. The number of aliphatic hydroxyl groups is 2. The second-order valence-electron chi connectivity index (χ2n) is 3.59. The lowest BCUT2D eigenvalue weighted by Gasteiger charge is -2.13. The molecule has 4 atom stereocenters. The molecule has 0 bridgehead atoms. The molecule has 0 spiro atoms. The van der Waals surface area contributed by atoms with Gasteiger partial charge in [0.25, 0.3) is 0 Å². The van der Waals surface area contributed by atoms with Crippen LogP contribution in [-0.4, -0.2) is 49.7 Å². The lowest BCUT2D eigenvalue weighted by molar-refractivity contribution is -0.398. The fraction of sp³-hybridized carbons (Fsp3) is 0.625. The Balaban J connectivity index is 2.29. The normalized spacial score (nSPS) is 32.9. The molecule has 1 aromatic heterocycles. The number of alkyl halides is 1.